The normalized spacial score (nSPS) is 15.8. The third-order valence-corrected chi connectivity index (χ3v) is 7.95. The number of rotatable bonds is 8. The summed E-state index contributed by atoms with van der Waals surface area (Å²) >= 11 is 5.86. The molecule has 0 unspecified atom stereocenters. The quantitative estimate of drug-likeness (QED) is 0.434. The van der Waals surface area contributed by atoms with Gasteiger partial charge < -0.3 is 14.5 Å². The lowest BCUT2D eigenvalue weighted by atomic mass is 10.2. The summed E-state index contributed by atoms with van der Waals surface area (Å²) in [6.07, 6.45) is 0. The van der Waals surface area contributed by atoms with Gasteiger partial charge in [-0.2, -0.15) is 0 Å². The van der Waals surface area contributed by atoms with E-state index in [2.05, 4.69) is 31.8 Å². The standard InChI is InChI=1S/C23H27ClF2N6O3S/c1-4-32-22(15(2)29-36(33,34)21-14-20(26)19(25)13-18(21)24)27-28-23(32)35-17-7-5-6-16(12-17)31-10-8-30(3)9-11-31/h5-7,12-15,29H,4,8-11H2,1-3H3/t15-/m1/s1. The number of nitrogens with one attached hydrogen (secondary N) is 1. The van der Waals surface area contributed by atoms with Crippen LogP contribution in [0.2, 0.25) is 5.02 Å². The van der Waals surface area contributed by atoms with Crippen LogP contribution in [-0.4, -0.2) is 61.3 Å². The zero-order valence-electron chi connectivity index (χ0n) is 20.1. The molecular weight excluding hydrogens is 514 g/mol. The van der Waals surface area contributed by atoms with Gasteiger partial charge in [0.2, 0.25) is 10.0 Å². The van der Waals surface area contributed by atoms with Crippen molar-refractivity contribution in [2.45, 2.75) is 31.3 Å². The Hall–Kier alpha value is -2.80. The Labute approximate surface area is 213 Å². The summed E-state index contributed by atoms with van der Waals surface area (Å²) in [6.45, 7) is 7.56. The molecule has 1 aromatic heterocycles. The molecule has 4 rings (SSSR count). The van der Waals surface area contributed by atoms with E-state index >= 15 is 0 Å². The average molecular weight is 541 g/mol. The largest absolute Gasteiger partial charge is 0.424 e. The summed E-state index contributed by atoms with van der Waals surface area (Å²) < 4.78 is 62.7. The van der Waals surface area contributed by atoms with Crippen LogP contribution >= 0.6 is 11.6 Å². The van der Waals surface area contributed by atoms with Crippen molar-refractivity contribution in [1.82, 2.24) is 24.4 Å². The fraction of sp³-hybridized carbons (Fsp3) is 0.391. The van der Waals surface area contributed by atoms with Crippen LogP contribution in [-0.2, 0) is 16.6 Å². The lowest BCUT2D eigenvalue weighted by Crippen LogP contribution is -2.44. The van der Waals surface area contributed by atoms with Crippen molar-refractivity contribution in [2.24, 2.45) is 0 Å². The highest BCUT2D eigenvalue weighted by molar-refractivity contribution is 7.89. The van der Waals surface area contributed by atoms with Gasteiger partial charge in [0.15, 0.2) is 17.5 Å². The van der Waals surface area contributed by atoms with Crippen LogP contribution < -0.4 is 14.4 Å². The molecule has 1 atom stereocenters. The van der Waals surface area contributed by atoms with Gasteiger partial charge in [-0.3, -0.25) is 4.57 Å². The lowest BCUT2D eigenvalue weighted by Gasteiger charge is -2.34. The predicted octanol–water partition coefficient (Wildman–Crippen LogP) is 3.81. The molecule has 1 fully saturated rings. The van der Waals surface area contributed by atoms with Gasteiger partial charge in [0, 0.05) is 44.5 Å². The van der Waals surface area contributed by atoms with E-state index in [0.29, 0.717) is 24.4 Å². The van der Waals surface area contributed by atoms with Crippen molar-refractivity contribution < 1.29 is 21.9 Å². The maximum Gasteiger partial charge on any atom is 0.322 e. The van der Waals surface area contributed by atoms with E-state index in [9.17, 15) is 17.2 Å². The first-order valence-electron chi connectivity index (χ1n) is 11.4. The second kappa shape index (κ2) is 10.7. The molecule has 1 saturated heterocycles. The van der Waals surface area contributed by atoms with Crippen molar-refractivity contribution in [3.05, 3.63) is 58.9 Å². The average Bonchev–Trinajstić information content (AvgIpc) is 3.24. The van der Waals surface area contributed by atoms with E-state index < -0.39 is 37.6 Å². The SMILES string of the molecule is CCn1c(Oc2cccc(N3CCN(C)CC3)c2)nnc1[C@@H](C)NS(=O)(=O)c1cc(F)c(F)cc1Cl. The fourth-order valence-electron chi connectivity index (χ4n) is 3.97. The number of ether oxygens (including phenoxy) is 1. The van der Waals surface area contributed by atoms with E-state index in [1.54, 1.807) is 11.5 Å². The summed E-state index contributed by atoms with van der Waals surface area (Å²) in [7, 11) is -2.20. The Morgan fingerprint density at radius 1 is 1.11 bits per heavy atom. The number of likely N-dealkylation sites (N-methyl/N-ethyl adjacent to an activating group) is 1. The maximum atomic E-state index is 13.7. The molecule has 0 spiro atoms. The smallest absolute Gasteiger partial charge is 0.322 e. The first-order valence-corrected chi connectivity index (χ1v) is 13.3. The highest BCUT2D eigenvalue weighted by atomic mass is 35.5. The second-order valence-corrected chi connectivity index (χ2v) is 10.6. The van der Waals surface area contributed by atoms with Crippen LogP contribution in [0.1, 0.15) is 25.7 Å². The Bertz CT molecular complexity index is 1350. The van der Waals surface area contributed by atoms with Gasteiger partial charge in [0.1, 0.15) is 10.6 Å². The predicted molar refractivity (Wildman–Crippen MR) is 132 cm³/mol. The van der Waals surface area contributed by atoms with Gasteiger partial charge in [0.25, 0.3) is 0 Å². The second-order valence-electron chi connectivity index (χ2n) is 8.51. The molecule has 0 aliphatic carbocycles. The minimum atomic E-state index is -4.29. The molecule has 2 heterocycles. The Morgan fingerprint density at radius 2 is 1.81 bits per heavy atom. The molecule has 194 valence electrons. The van der Waals surface area contributed by atoms with Crippen LogP contribution in [0.15, 0.2) is 41.3 Å². The van der Waals surface area contributed by atoms with Crippen molar-refractivity contribution in [1.29, 1.82) is 0 Å². The van der Waals surface area contributed by atoms with Gasteiger partial charge in [-0.15, -0.1) is 5.10 Å². The van der Waals surface area contributed by atoms with Crippen LogP contribution in [0.25, 0.3) is 0 Å². The Balaban J connectivity index is 1.53. The number of anilines is 1. The molecule has 36 heavy (non-hydrogen) atoms. The van der Waals surface area contributed by atoms with Crippen molar-refractivity contribution >= 4 is 27.3 Å². The topological polar surface area (TPSA) is 92.6 Å². The fourth-order valence-corrected chi connectivity index (χ4v) is 5.69. The van der Waals surface area contributed by atoms with E-state index in [1.807, 2.05) is 31.2 Å². The number of nitrogens with zero attached hydrogens (tertiary/aromatic N) is 5. The van der Waals surface area contributed by atoms with E-state index in [-0.39, 0.29) is 11.8 Å². The van der Waals surface area contributed by atoms with Crippen LogP contribution in [0.4, 0.5) is 14.5 Å². The number of hydrogen-bond donors (Lipinski definition) is 1. The molecule has 1 aliphatic heterocycles. The van der Waals surface area contributed by atoms with Gasteiger partial charge >= 0.3 is 6.01 Å². The number of benzene rings is 2. The Morgan fingerprint density at radius 3 is 2.50 bits per heavy atom. The molecule has 13 heteroatoms. The minimum absolute atomic E-state index is 0.194. The summed E-state index contributed by atoms with van der Waals surface area (Å²) in [5.41, 5.74) is 1.04. The van der Waals surface area contributed by atoms with Gasteiger partial charge in [0.05, 0.1) is 11.1 Å². The Kier molecular flexibility index (Phi) is 7.79. The molecule has 1 aliphatic rings. The molecule has 0 amide bonds. The lowest BCUT2D eigenvalue weighted by molar-refractivity contribution is 0.312. The number of sulfonamides is 1. The summed E-state index contributed by atoms with van der Waals surface area (Å²) in [6, 6.07) is 8.14. The van der Waals surface area contributed by atoms with E-state index in [1.165, 1.54) is 0 Å². The molecule has 0 radical (unpaired) electrons. The van der Waals surface area contributed by atoms with Crippen LogP contribution in [0.5, 0.6) is 11.8 Å². The maximum absolute atomic E-state index is 13.7. The first-order chi connectivity index (χ1) is 17.1. The first kappa shape index (κ1) is 26.3. The summed E-state index contributed by atoms with van der Waals surface area (Å²) in [4.78, 5) is 3.98. The number of aromatic nitrogens is 3. The summed E-state index contributed by atoms with van der Waals surface area (Å²) in [5, 5.41) is 7.78. The van der Waals surface area contributed by atoms with Crippen LogP contribution in [0.3, 0.4) is 0 Å². The molecule has 1 N–H and O–H groups in total. The zero-order valence-corrected chi connectivity index (χ0v) is 21.7. The van der Waals surface area contributed by atoms with Crippen molar-refractivity contribution in [3.8, 4) is 11.8 Å². The van der Waals surface area contributed by atoms with Gasteiger partial charge in [-0.25, -0.2) is 21.9 Å². The highest BCUT2D eigenvalue weighted by Crippen LogP contribution is 2.29. The van der Waals surface area contributed by atoms with E-state index in [0.717, 1.165) is 31.9 Å². The monoisotopic (exact) mass is 540 g/mol. The minimum Gasteiger partial charge on any atom is -0.424 e. The number of piperazine rings is 1. The van der Waals surface area contributed by atoms with Gasteiger partial charge in [-0.1, -0.05) is 22.8 Å². The van der Waals surface area contributed by atoms with Crippen molar-refractivity contribution in [3.63, 3.8) is 0 Å². The number of halogens is 3. The molecule has 0 saturated carbocycles. The van der Waals surface area contributed by atoms with E-state index in [4.69, 9.17) is 16.3 Å². The molecule has 3 aromatic rings. The molecular formula is C23H27ClF2N6O3S. The highest BCUT2D eigenvalue weighted by Gasteiger charge is 2.27. The van der Waals surface area contributed by atoms with Gasteiger partial charge in [-0.05, 0) is 45.2 Å². The third kappa shape index (κ3) is 5.61. The molecule has 0 bridgehead atoms. The molecule has 9 nitrogen and oxygen atoms in total. The zero-order chi connectivity index (χ0) is 26.0. The van der Waals surface area contributed by atoms with Crippen LogP contribution in [0, 0.1) is 11.6 Å². The molecule has 2 aromatic carbocycles. The third-order valence-electron chi connectivity index (χ3n) is 5.94. The van der Waals surface area contributed by atoms with Crippen molar-refractivity contribution in [2.75, 3.05) is 38.1 Å². The number of hydrogen-bond acceptors (Lipinski definition) is 7. The summed E-state index contributed by atoms with van der Waals surface area (Å²) in [5.74, 6) is -1.71.